The van der Waals surface area contributed by atoms with Crippen LogP contribution in [-0.4, -0.2) is 24.0 Å². The molecule has 1 aliphatic rings. The van der Waals surface area contributed by atoms with Gasteiger partial charge in [0.05, 0.1) is 11.4 Å². The lowest BCUT2D eigenvalue weighted by molar-refractivity contribution is -0.117. The summed E-state index contributed by atoms with van der Waals surface area (Å²) < 4.78 is 0. The number of carbonyl (C=O) groups is 2. The Morgan fingerprint density at radius 2 is 2.35 bits per heavy atom. The number of fused-ring (bicyclic) bond motifs is 1. The van der Waals surface area contributed by atoms with Gasteiger partial charge in [-0.1, -0.05) is 0 Å². The van der Waals surface area contributed by atoms with Crippen molar-refractivity contribution in [3.63, 3.8) is 0 Å². The molecule has 1 aromatic rings. The number of ketones is 1. The van der Waals surface area contributed by atoms with Crippen LogP contribution in [0.3, 0.4) is 0 Å². The highest BCUT2D eigenvalue weighted by atomic mass is 32.2. The van der Waals surface area contributed by atoms with Crippen LogP contribution in [0.25, 0.3) is 0 Å². The molecule has 0 aromatic heterocycles. The van der Waals surface area contributed by atoms with E-state index in [4.69, 9.17) is 0 Å². The molecule has 1 amide bonds. The molecule has 0 atom stereocenters. The minimum atomic E-state index is 0.0309. The molecule has 1 aliphatic heterocycles. The zero-order valence-electron chi connectivity index (χ0n) is 9.58. The average Bonchev–Trinajstić information content (AvgIpc) is 2.28. The number of rotatable bonds is 4. The van der Waals surface area contributed by atoms with Crippen LogP contribution in [0.1, 0.15) is 13.3 Å². The Balaban J connectivity index is 2.02. The molecule has 1 heterocycles. The van der Waals surface area contributed by atoms with E-state index in [0.29, 0.717) is 18.7 Å². The molecule has 0 saturated heterocycles. The number of thioether (sulfide) groups is 1. The van der Waals surface area contributed by atoms with Gasteiger partial charge in [0.15, 0.2) is 0 Å². The molecular weight excluding hydrogens is 236 g/mol. The van der Waals surface area contributed by atoms with Crippen LogP contribution in [0.15, 0.2) is 23.1 Å². The number of nitrogens with one attached hydrogen (secondary N) is 2. The summed E-state index contributed by atoms with van der Waals surface area (Å²) in [6.45, 7) is 2.20. The van der Waals surface area contributed by atoms with Crippen molar-refractivity contribution in [2.75, 3.05) is 22.9 Å². The van der Waals surface area contributed by atoms with Crippen molar-refractivity contribution in [2.24, 2.45) is 0 Å². The lowest BCUT2D eigenvalue weighted by Crippen LogP contribution is -2.18. The number of anilines is 2. The smallest absolute Gasteiger partial charge is 0.234 e. The predicted octanol–water partition coefficient (Wildman–Crippen LogP) is 2.12. The maximum absolute atomic E-state index is 11.2. The van der Waals surface area contributed by atoms with Crippen LogP contribution in [0, 0.1) is 0 Å². The zero-order chi connectivity index (χ0) is 12.3. The molecule has 90 valence electrons. The van der Waals surface area contributed by atoms with E-state index in [2.05, 4.69) is 10.6 Å². The Morgan fingerprint density at radius 1 is 1.53 bits per heavy atom. The average molecular weight is 250 g/mol. The van der Waals surface area contributed by atoms with Crippen LogP contribution in [-0.2, 0) is 9.59 Å². The third-order valence-corrected chi connectivity index (χ3v) is 3.49. The second-order valence-electron chi connectivity index (χ2n) is 3.93. The van der Waals surface area contributed by atoms with E-state index in [9.17, 15) is 9.59 Å². The van der Waals surface area contributed by atoms with E-state index >= 15 is 0 Å². The van der Waals surface area contributed by atoms with Crippen LogP contribution < -0.4 is 10.6 Å². The number of hydrogen-bond donors (Lipinski definition) is 2. The van der Waals surface area contributed by atoms with E-state index in [1.165, 1.54) is 0 Å². The van der Waals surface area contributed by atoms with Gasteiger partial charge in [0, 0.05) is 23.5 Å². The second kappa shape index (κ2) is 5.23. The fourth-order valence-electron chi connectivity index (χ4n) is 1.58. The highest BCUT2D eigenvalue weighted by molar-refractivity contribution is 8.00. The molecule has 0 radical (unpaired) electrons. The summed E-state index contributed by atoms with van der Waals surface area (Å²) in [5.74, 6) is 0.673. The fraction of sp³-hybridized carbons (Fsp3) is 0.333. The summed E-state index contributed by atoms with van der Waals surface area (Å²) in [4.78, 5) is 23.1. The van der Waals surface area contributed by atoms with Crippen molar-refractivity contribution in [1.82, 2.24) is 0 Å². The summed E-state index contributed by atoms with van der Waals surface area (Å²) in [6.07, 6.45) is 0.512. The van der Waals surface area contributed by atoms with Crippen LogP contribution >= 0.6 is 11.8 Å². The van der Waals surface area contributed by atoms with Gasteiger partial charge in [-0.3, -0.25) is 9.59 Å². The molecule has 4 nitrogen and oxygen atoms in total. The van der Waals surface area contributed by atoms with E-state index in [-0.39, 0.29) is 11.7 Å². The highest BCUT2D eigenvalue weighted by Crippen LogP contribution is 2.33. The van der Waals surface area contributed by atoms with Crippen LogP contribution in [0.4, 0.5) is 11.4 Å². The third-order valence-electron chi connectivity index (χ3n) is 2.42. The standard InChI is InChI=1S/C12H14N2O2S/c1-8(15)4-5-13-9-2-3-11-10(6-9)14-12(16)7-17-11/h2-3,6,13H,4-5,7H2,1H3,(H,14,16). The van der Waals surface area contributed by atoms with Crippen molar-refractivity contribution < 1.29 is 9.59 Å². The zero-order valence-corrected chi connectivity index (χ0v) is 10.4. The normalized spacial score (nSPS) is 13.8. The summed E-state index contributed by atoms with van der Waals surface area (Å²) in [6, 6.07) is 5.85. The topological polar surface area (TPSA) is 58.2 Å². The van der Waals surface area contributed by atoms with Crippen molar-refractivity contribution in [2.45, 2.75) is 18.2 Å². The molecule has 0 saturated carbocycles. The van der Waals surface area contributed by atoms with Gasteiger partial charge in [-0.15, -0.1) is 11.8 Å². The van der Waals surface area contributed by atoms with Crippen LogP contribution in [0.5, 0.6) is 0 Å². The number of benzene rings is 1. The summed E-state index contributed by atoms with van der Waals surface area (Å²) >= 11 is 1.54. The van der Waals surface area contributed by atoms with Gasteiger partial charge < -0.3 is 10.6 Å². The second-order valence-corrected chi connectivity index (χ2v) is 4.94. The Morgan fingerprint density at radius 3 is 3.12 bits per heavy atom. The van der Waals surface area contributed by atoms with Gasteiger partial charge in [0.1, 0.15) is 5.78 Å². The largest absolute Gasteiger partial charge is 0.385 e. The predicted molar refractivity (Wildman–Crippen MR) is 69.6 cm³/mol. The lowest BCUT2D eigenvalue weighted by Gasteiger charge is -2.17. The molecule has 0 unspecified atom stereocenters. The van der Waals surface area contributed by atoms with Gasteiger partial charge in [0.2, 0.25) is 5.91 Å². The lowest BCUT2D eigenvalue weighted by atomic mass is 10.2. The molecule has 17 heavy (non-hydrogen) atoms. The maximum atomic E-state index is 11.2. The van der Waals surface area contributed by atoms with Crippen molar-refractivity contribution >= 4 is 34.8 Å². The minimum Gasteiger partial charge on any atom is -0.385 e. The highest BCUT2D eigenvalue weighted by Gasteiger charge is 2.15. The Hall–Kier alpha value is -1.49. The summed E-state index contributed by atoms with van der Waals surface area (Å²) in [5, 5.41) is 5.99. The van der Waals surface area contributed by atoms with E-state index < -0.39 is 0 Å². The molecule has 0 spiro atoms. The molecule has 5 heteroatoms. The first-order chi connectivity index (χ1) is 8.15. The molecular formula is C12H14N2O2S. The van der Waals surface area contributed by atoms with Gasteiger partial charge in [-0.25, -0.2) is 0 Å². The minimum absolute atomic E-state index is 0.0309. The van der Waals surface area contributed by atoms with E-state index in [1.807, 2.05) is 18.2 Å². The van der Waals surface area contributed by atoms with Gasteiger partial charge in [-0.2, -0.15) is 0 Å². The van der Waals surface area contributed by atoms with Crippen LogP contribution in [0.2, 0.25) is 0 Å². The van der Waals surface area contributed by atoms with Gasteiger partial charge in [-0.05, 0) is 25.1 Å². The third kappa shape index (κ3) is 3.23. The Bertz CT molecular complexity index is 460. The fourth-order valence-corrected chi connectivity index (χ4v) is 2.36. The molecule has 2 N–H and O–H groups in total. The van der Waals surface area contributed by atoms with Crippen molar-refractivity contribution in [3.05, 3.63) is 18.2 Å². The van der Waals surface area contributed by atoms with E-state index in [1.54, 1.807) is 18.7 Å². The summed E-state index contributed by atoms with van der Waals surface area (Å²) in [7, 11) is 0. The van der Waals surface area contributed by atoms with Gasteiger partial charge >= 0.3 is 0 Å². The van der Waals surface area contributed by atoms with E-state index in [0.717, 1.165) is 16.3 Å². The molecule has 1 aromatic carbocycles. The maximum Gasteiger partial charge on any atom is 0.234 e. The van der Waals surface area contributed by atoms with Crippen molar-refractivity contribution in [1.29, 1.82) is 0 Å². The first-order valence-electron chi connectivity index (χ1n) is 5.45. The SMILES string of the molecule is CC(=O)CCNc1ccc2c(c1)NC(=O)CS2. The Kier molecular flexibility index (Phi) is 3.68. The number of carbonyl (C=O) groups excluding carboxylic acids is 2. The quantitative estimate of drug-likeness (QED) is 0.859. The number of Topliss-reactive ketones (excluding diaryl/α,β-unsaturated/α-hetero) is 1. The molecule has 0 aliphatic carbocycles. The number of hydrogen-bond acceptors (Lipinski definition) is 4. The molecule has 2 rings (SSSR count). The van der Waals surface area contributed by atoms with Crippen molar-refractivity contribution in [3.8, 4) is 0 Å². The molecule has 0 fully saturated rings. The monoisotopic (exact) mass is 250 g/mol. The summed E-state index contributed by atoms with van der Waals surface area (Å²) in [5.41, 5.74) is 1.77. The first-order valence-corrected chi connectivity index (χ1v) is 6.44. The molecule has 0 bridgehead atoms. The first kappa shape index (κ1) is 12.0. The van der Waals surface area contributed by atoms with Gasteiger partial charge in [0.25, 0.3) is 0 Å². The number of amides is 1. The Labute approximate surface area is 104 Å².